The topological polar surface area (TPSA) is 20.2 Å². The van der Waals surface area contributed by atoms with Crippen molar-refractivity contribution in [2.75, 3.05) is 6.61 Å². The Morgan fingerprint density at radius 3 is 2.62 bits per heavy atom. The number of hydrogen-bond donors (Lipinski definition) is 1. The molecule has 1 nitrogen and oxygen atoms in total. The number of aliphatic hydroxyl groups excluding tert-OH is 1. The van der Waals surface area contributed by atoms with Crippen molar-refractivity contribution in [2.24, 2.45) is 11.8 Å². The highest BCUT2D eigenvalue weighted by Gasteiger charge is 2.33. The van der Waals surface area contributed by atoms with Gasteiger partial charge in [0.1, 0.15) is 0 Å². The average Bonchev–Trinajstić information content (AvgIpc) is 2.48. The fourth-order valence-corrected chi connectivity index (χ4v) is 1.33. The van der Waals surface area contributed by atoms with Gasteiger partial charge in [-0.2, -0.15) is 0 Å². The second-order valence-electron chi connectivity index (χ2n) is 2.68. The quantitative estimate of drug-likeness (QED) is 0.588. The first-order valence-corrected chi connectivity index (χ1v) is 3.49. The van der Waals surface area contributed by atoms with E-state index >= 15 is 0 Å². The summed E-state index contributed by atoms with van der Waals surface area (Å²) in [5.74, 6) is 1.84. The molecule has 1 N–H and O–H groups in total. The Hall–Kier alpha value is -0.0400. The maximum absolute atomic E-state index is 8.49. The molecule has 8 heavy (non-hydrogen) atoms. The highest BCUT2D eigenvalue weighted by molar-refractivity contribution is 4.84. The fourth-order valence-electron chi connectivity index (χ4n) is 1.33. The minimum absolute atomic E-state index is 0.390. The third kappa shape index (κ3) is 1.22. The minimum Gasteiger partial charge on any atom is -0.396 e. The van der Waals surface area contributed by atoms with Crippen LogP contribution in [0.25, 0.3) is 0 Å². The van der Waals surface area contributed by atoms with Crippen LogP contribution >= 0.6 is 0 Å². The zero-order valence-corrected chi connectivity index (χ0v) is 5.43. The van der Waals surface area contributed by atoms with Crippen molar-refractivity contribution in [3.8, 4) is 0 Å². The molecule has 0 aliphatic heterocycles. The van der Waals surface area contributed by atoms with Gasteiger partial charge in [-0.3, -0.25) is 0 Å². The summed E-state index contributed by atoms with van der Waals surface area (Å²) >= 11 is 0. The molecule has 0 unspecified atom stereocenters. The van der Waals surface area contributed by atoms with Crippen LogP contribution in [-0.4, -0.2) is 11.7 Å². The van der Waals surface area contributed by atoms with Gasteiger partial charge in [-0.05, 0) is 24.7 Å². The summed E-state index contributed by atoms with van der Waals surface area (Å²) in [7, 11) is 0. The van der Waals surface area contributed by atoms with Gasteiger partial charge in [0.25, 0.3) is 0 Å². The molecule has 1 saturated carbocycles. The molecule has 0 aromatic rings. The van der Waals surface area contributed by atoms with Gasteiger partial charge in [-0.15, -0.1) is 0 Å². The molecule has 1 heteroatoms. The van der Waals surface area contributed by atoms with E-state index in [2.05, 4.69) is 6.92 Å². The van der Waals surface area contributed by atoms with Crippen molar-refractivity contribution in [3.05, 3.63) is 0 Å². The van der Waals surface area contributed by atoms with E-state index in [1.54, 1.807) is 0 Å². The van der Waals surface area contributed by atoms with E-state index in [9.17, 15) is 0 Å². The molecule has 0 aromatic carbocycles. The molecule has 1 aliphatic carbocycles. The molecule has 0 bridgehead atoms. The number of rotatable bonds is 3. The van der Waals surface area contributed by atoms with Gasteiger partial charge in [0.2, 0.25) is 0 Å². The predicted octanol–water partition coefficient (Wildman–Crippen LogP) is 1.41. The van der Waals surface area contributed by atoms with Crippen LogP contribution in [0.1, 0.15) is 26.2 Å². The number of aliphatic hydroxyl groups is 1. The lowest BCUT2D eigenvalue weighted by molar-refractivity contribution is 0.276. The maximum Gasteiger partial charge on any atom is 0.0433 e. The van der Waals surface area contributed by atoms with Crippen molar-refractivity contribution in [1.29, 1.82) is 0 Å². The van der Waals surface area contributed by atoms with E-state index in [1.165, 1.54) is 12.8 Å². The van der Waals surface area contributed by atoms with Crippen molar-refractivity contribution in [3.63, 3.8) is 0 Å². The lowest BCUT2D eigenvalue weighted by Gasteiger charge is -1.89. The summed E-state index contributed by atoms with van der Waals surface area (Å²) in [6.07, 6.45) is 3.72. The molecule has 0 amide bonds. The van der Waals surface area contributed by atoms with Gasteiger partial charge < -0.3 is 5.11 Å². The molecule has 1 fully saturated rings. The molecule has 1 rings (SSSR count). The first-order chi connectivity index (χ1) is 3.88. The fraction of sp³-hybridized carbons (Fsp3) is 1.00. The van der Waals surface area contributed by atoms with E-state index in [0.29, 0.717) is 6.61 Å². The molecule has 0 aromatic heterocycles. The van der Waals surface area contributed by atoms with Crippen LogP contribution < -0.4 is 0 Å². The number of hydrogen-bond acceptors (Lipinski definition) is 1. The molecule has 0 spiro atoms. The lowest BCUT2D eigenvalue weighted by atomic mass is 10.2. The monoisotopic (exact) mass is 114 g/mol. The van der Waals surface area contributed by atoms with E-state index in [1.807, 2.05) is 0 Å². The van der Waals surface area contributed by atoms with Crippen LogP contribution in [0, 0.1) is 11.8 Å². The minimum atomic E-state index is 0.390. The standard InChI is InChI=1S/C7H14O/c1-2-6-5-7(6)3-4-8/h6-8H,2-5H2,1H3/t6-,7+/m0/s1. The molecular weight excluding hydrogens is 100 g/mol. The Kier molecular flexibility index (Phi) is 1.90. The summed E-state index contributed by atoms with van der Waals surface area (Å²) in [6.45, 7) is 2.61. The van der Waals surface area contributed by atoms with Crippen LogP contribution in [-0.2, 0) is 0 Å². The van der Waals surface area contributed by atoms with Crippen LogP contribution in [0.2, 0.25) is 0 Å². The highest BCUT2D eigenvalue weighted by Crippen LogP contribution is 2.42. The Morgan fingerprint density at radius 2 is 2.25 bits per heavy atom. The average molecular weight is 114 g/mol. The first kappa shape index (κ1) is 6.09. The van der Waals surface area contributed by atoms with Gasteiger partial charge in [0.05, 0.1) is 0 Å². The van der Waals surface area contributed by atoms with Crippen LogP contribution in [0.3, 0.4) is 0 Å². The van der Waals surface area contributed by atoms with Crippen molar-refractivity contribution in [1.82, 2.24) is 0 Å². The zero-order valence-electron chi connectivity index (χ0n) is 5.43. The van der Waals surface area contributed by atoms with Crippen molar-refractivity contribution < 1.29 is 5.11 Å². The van der Waals surface area contributed by atoms with Crippen molar-refractivity contribution >= 4 is 0 Å². The molecule has 2 atom stereocenters. The smallest absolute Gasteiger partial charge is 0.0433 e. The molecule has 48 valence electrons. The lowest BCUT2D eigenvalue weighted by Crippen LogP contribution is -1.85. The van der Waals surface area contributed by atoms with Gasteiger partial charge in [0, 0.05) is 6.61 Å². The molecule has 0 heterocycles. The molecular formula is C7H14O. The van der Waals surface area contributed by atoms with E-state index in [0.717, 1.165) is 18.3 Å². The molecule has 0 radical (unpaired) electrons. The Morgan fingerprint density at radius 1 is 1.50 bits per heavy atom. The summed E-state index contributed by atoms with van der Waals surface area (Å²) in [6, 6.07) is 0. The van der Waals surface area contributed by atoms with Gasteiger partial charge in [-0.25, -0.2) is 0 Å². The van der Waals surface area contributed by atoms with Gasteiger partial charge in [-0.1, -0.05) is 13.3 Å². The second-order valence-corrected chi connectivity index (χ2v) is 2.68. The predicted molar refractivity (Wildman–Crippen MR) is 33.6 cm³/mol. The SMILES string of the molecule is CC[C@H]1C[C@H]1CCO. The first-order valence-electron chi connectivity index (χ1n) is 3.49. The largest absolute Gasteiger partial charge is 0.396 e. The maximum atomic E-state index is 8.49. The van der Waals surface area contributed by atoms with E-state index in [-0.39, 0.29) is 0 Å². The Balaban J connectivity index is 1.99. The van der Waals surface area contributed by atoms with Crippen LogP contribution in [0.4, 0.5) is 0 Å². The van der Waals surface area contributed by atoms with E-state index in [4.69, 9.17) is 5.11 Å². The molecule has 0 saturated heterocycles. The Bertz CT molecular complexity index is 70.8. The zero-order chi connectivity index (χ0) is 5.98. The highest BCUT2D eigenvalue weighted by atomic mass is 16.3. The summed E-state index contributed by atoms with van der Waals surface area (Å²) in [5.41, 5.74) is 0. The normalized spacial score (nSPS) is 35.2. The van der Waals surface area contributed by atoms with Crippen LogP contribution in [0.5, 0.6) is 0 Å². The second kappa shape index (κ2) is 2.49. The summed E-state index contributed by atoms with van der Waals surface area (Å²) in [4.78, 5) is 0. The van der Waals surface area contributed by atoms with Gasteiger partial charge >= 0.3 is 0 Å². The van der Waals surface area contributed by atoms with E-state index < -0.39 is 0 Å². The summed E-state index contributed by atoms with van der Waals surface area (Å²) in [5, 5.41) is 8.49. The molecule has 1 aliphatic rings. The van der Waals surface area contributed by atoms with Crippen LogP contribution in [0.15, 0.2) is 0 Å². The van der Waals surface area contributed by atoms with Gasteiger partial charge in [0.15, 0.2) is 0 Å². The third-order valence-corrected chi connectivity index (χ3v) is 2.09. The van der Waals surface area contributed by atoms with Crippen molar-refractivity contribution in [2.45, 2.75) is 26.2 Å². The third-order valence-electron chi connectivity index (χ3n) is 2.09. The Labute approximate surface area is 50.7 Å². The summed E-state index contributed by atoms with van der Waals surface area (Å²) < 4.78 is 0.